The Kier molecular flexibility index (Phi) is 1.89. The average Bonchev–Trinajstić information content (AvgIpc) is 2.96. The van der Waals surface area contributed by atoms with Gasteiger partial charge in [-0.15, -0.1) is 5.10 Å². The highest BCUT2D eigenvalue weighted by Crippen LogP contribution is 2.10. The Morgan fingerprint density at radius 1 is 1.31 bits per heavy atom. The Morgan fingerprint density at radius 2 is 2.25 bits per heavy atom. The zero-order valence-corrected chi connectivity index (χ0v) is 8.65. The fraction of sp³-hybridized carbons (Fsp3) is 0.222. The zero-order valence-electron chi connectivity index (χ0n) is 8.65. The molecule has 16 heavy (non-hydrogen) atoms. The molecule has 0 atom stereocenters. The molecule has 3 rings (SSSR count). The lowest BCUT2D eigenvalue weighted by Gasteiger charge is -2.06. The Morgan fingerprint density at radius 3 is 3.12 bits per heavy atom. The largest absolute Gasteiger partial charge is 0.286 e. The van der Waals surface area contributed by atoms with Gasteiger partial charge in [0.2, 0.25) is 0 Å². The normalized spacial score (nSPS) is 11.1. The van der Waals surface area contributed by atoms with Gasteiger partial charge in [0, 0.05) is 18.8 Å². The minimum Gasteiger partial charge on any atom is -0.286 e. The Bertz CT molecular complexity index is 623. The molecule has 0 N–H and O–H groups in total. The molecule has 3 aromatic rings. The highest BCUT2D eigenvalue weighted by atomic mass is 15.5. The number of hydrogen-bond acceptors (Lipinski definition) is 5. The Labute approximate surface area is 90.8 Å². The van der Waals surface area contributed by atoms with Crippen molar-refractivity contribution in [3.63, 3.8) is 0 Å². The van der Waals surface area contributed by atoms with Crippen LogP contribution in [0.15, 0.2) is 24.8 Å². The van der Waals surface area contributed by atoms with Gasteiger partial charge in [0.05, 0.1) is 12.4 Å². The highest BCUT2D eigenvalue weighted by Gasteiger charge is 2.08. The fourth-order valence-electron chi connectivity index (χ4n) is 1.63. The number of aromatic nitrogens is 7. The topological polar surface area (TPSA) is 73.8 Å². The SMILES string of the molecule is CCc1nccn1-c1cncc2nnnn12. The number of fused-ring (bicyclic) bond motifs is 1. The number of nitrogens with zero attached hydrogens (tertiary/aromatic N) is 7. The van der Waals surface area contributed by atoms with Crippen LogP contribution in [-0.2, 0) is 6.42 Å². The molecule has 0 aliphatic rings. The van der Waals surface area contributed by atoms with E-state index < -0.39 is 0 Å². The summed E-state index contributed by atoms with van der Waals surface area (Å²) in [5.74, 6) is 1.74. The molecule has 0 fully saturated rings. The van der Waals surface area contributed by atoms with Crippen molar-refractivity contribution in [2.24, 2.45) is 0 Å². The molecular weight excluding hydrogens is 206 g/mol. The maximum Gasteiger partial charge on any atom is 0.199 e. The van der Waals surface area contributed by atoms with E-state index in [4.69, 9.17) is 0 Å². The molecule has 0 amide bonds. The number of imidazole rings is 1. The molecule has 0 spiro atoms. The van der Waals surface area contributed by atoms with Gasteiger partial charge in [-0.25, -0.2) is 4.98 Å². The molecule has 7 nitrogen and oxygen atoms in total. The van der Waals surface area contributed by atoms with Crippen LogP contribution in [0.2, 0.25) is 0 Å². The van der Waals surface area contributed by atoms with Crippen molar-refractivity contribution in [1.82, 2.24) is 34.6 Å². The summed E-state index contributed by atoms with van der Waals surface area (Å²) < 4.78 is 3.56. The summed E-state index contributed by atoms with van der Waals surface area (Å²) in [5, 5.41) is 11.4. The molecule has 0 aliphatic heterocycles. The van der Waals surface area contributed by atoms with Crippen LogP contribution in [0.1, 0.15) is 12.7 Å². The monoisotopic (exact) mass is 215 g/mol. The Hall–Kier alpha value is -2.31. The quantitative estimate of drug-likeness (QED) is 0.613. The molecule has 0 saturated heterocycles. The molecule has 80 valence electrons. The minimum atomic E-state index is 0.619. The van der Waals surface area contributed by atoms with Gasteiger partial charge in [-0.2, -0.15) is 4.52 Å². The van der Waals surface area contributed by atoms with Crippen molar-refractivity contribution in [3.8, 4) is 5.82 Å². The van der Waals surface area contributed by atoms with Crippen LogP contribution in [0, 0.1) is 0 Å². The first-order valence-corrected chi connectivity index (χ1v) is 4.95. The molecule has 0 bridgehead atoms. The third-order valence-corrected chi connectivity index (χ3v) is 2.37. The van der Waals surface area contributed by atoms with E-state index in [1.807, 2.05) is 17.7 Å². The van der Waals surface area contributed by atoms with E-state index in [2.05, 4.69) is 25.5 Å². The molecule has 3 heterocycles. The van der Waals surface area contributed by atoms with Crippen molar-refractivity contribution in [2.75, 3.05) is 0 Å². The molecule has 0 radical (unpaired) electrons. The zero-order chi connectivity index (χ0) is 11.0. The van der Waals surface area contributed by atoms with Crippen molar-refractivity contribution >= 4 is 5.65 Å². The second kappa shape index (κ2) is 3.37. The van der Waals surface area contributed by atoms with E-state index in [0.717, 1.165) is 18.1 Å². The average molecular weight is 215 g/mol. The van der Waals surface area contributed by atoms with Gasteiger partial charge in [0.25, 0.3) is 0 Å². The van der Waals surface area contributed by atoms with Crippen LogP contribution in [0.25, 0.3) is 11.5 Å². The van der Waals surface area contributed by atoms with Crippen molar-refractivity contribution < 1.29 is 0 Å². The van der Waals surface area contributed by atoms with E-state index in [1.54, 1.807) is 23.1 Å². The van der Waals surface area contributed by atoms with Crippen LogP contribution in [0.4, 0.5) is 0 Å². The predicted molar refractivity (Wildman–Crippen MR) is 55.1 cm³/mol. The highest BCUT2D eigenvalue weighted by molar-refractivity contribution is 5.38. The first-order valence-electron chi connectivity index (χ1n) is 4.95. The molecule has 7 heteroatoms. The number of rotatable bonds is 2. The summed E-state index contributed by atoms with van der Waals surface area (Å²) in [7, 11) is 0. The van der Waals surface area contributed by atoms with Gasteiger partial charge >= 0.3 is 0 Å². The fourth-order valence-corrected chi connectivity index (χ4v) is 1.63. The van der Waals surface area contributed by atoms with Crippen molar-refractivity contribution in [1.29, 1.82) is 0 Å². The second-order valence-electron chi connectivity index (χ2n) is 3.28. The van der Waals surface area contributed by atoms with E-state index in [9.17, 15) is 0 Å². The Balaban J connectivity index is 2.29. The minimum absolute atomic E-state index is 0.619. The van der Waals surface area contributed by atoms with Crippen molar-refractivity contribution in [2.45, 2.75) is 13.3 Å². The summed E-state index contributed by atoms with van der Waals surface area (Å²) in [6.45, 7) is 2.05. The van der Waals surface area contributed by atoms with E-state index in [-0.39, 0.29) is 0 Å². The molecule has 0 aromatic carbocycles. The standard InChI is InChI=1S/C9H9N7/c1-2-7-11-3-4-15(7)9-6-10-5-8-12-13-14-16(8)9/h3-6H,2H2,1H3. The van der Waals surface area contributed by atoms with Gasteiger partial charge in [0.15, 0.2) is 11.5 Å². The van der Waals surface area contributed by atoms with Crippen LogP contribution in [-0.4, -0.2) is 34.6 Å². The lowest BCUT2D eigenvalue weighted by atomic mass is 10.4. The molecule has 0 unspecified atom stereocenters. The van der Waals surface area contributed by atoms with Gasteiger partial charge < -0.3 is 0 Å². The smallest absolute Gasteiger partial charge is 0.199 e. The van der Waals surface area contributed by atoms with Crippen molar-refractivity contribution in [3.05, 3.63) is 30.6 Å². The van der Waals surface area contributed by atoms with E-state index >= 15 is 0 Å². The second-order valence-corrected chi connectivity index (χ2v) is 3.28. The van der Waals surface area contributed by atoms with E-state index in [1.165, 1.54) is 0 Å². The lowest BCUT2D eigenvalue weighted by molar-refractivity contribution is 0.764. The van der Waals surface area contributed by atoms with Crippen LogP contribution in [0.5, 0.6) is 0 Å². The summed E-state index contributed by atoms with van der Waals surface area (Å²) in [6.07, 6.45) is 7.79. The first-order chi connectivity index (χ1) is 7.90. The summed E-state index contributed by atoms with van der Waals surface area (Å²) in [5.41, 5.74) is 0.619. The van der Waals surface area contributed by atoms with Crippen LogP contribution < -0.4 is 0 Å². The summed E-state index contributed by atoms with van der Waals surface area (Å²) in [4.78, 5) is 8.36. The number of hydrogen-bond donors (Lipinski definition) is 0. The molecular formula is C9H9N7. The molecule has 0 aliphatic carbocycles. The third-order valence-electron chi connectivity index (χ3n) is 2.37. The van der Waals surface area contributed by atoms with Gasteiger partial charge in [0.1, 0.15) is 5.82 Å². The van der Waals surface area contributed by atoms with E-state index in [0.29, 0.717) is 5.65 Å². The summed E-state index contributed by atoms with van der Waals surface area (Å²) in [6, 6.07) is 0. The summed E-state index contributed by atoms with van der Waals surface area (Å²) >= 11 is 0. The maximum absolute atomic E-state index is 4.26. The predicted octanol–water partition coefficient (Wildman–Crippen LogP) is 0.267. The first kappa shape index (κ1) is 8.96. The van der Waals surface area contributed by atoms with Gasteiger partial charge in [-0.05, 0) is 10.4 Å². The van der Waals surface area contributed by atoms with Crippen LogP contribution in [0.3, 0.4) is 0 Å². The lowest BCUT2D eigenvalue weighted by Crippen LogP contribution is -2.06. The molecule has 3 aromatic heterocycles. The maximum atomic E-state index is 4.26. The third kappa shape index (κ3) is 1.18. The van der Waals surface area contributed by atoms with Gasteiger partial charge in [-0.3, -0.25) is 9.55 Å². The van der Waals surface area contributed by atoms with Gasteiger partial charge in [-0.1, -0.05) is 6.92 Å². The van der Waals surface area contributed by atoms with Crippen LogP contribution >= 0.6 is 0 Å². The number of tetrazole rings is 1. The number of aryl methyl sites for hydroxylation is 1. The molecule has 0 saturated carbocycles.